The van der Waals surface area contributed by atoms with E-state index >= 15 is 0 Å². The minimum atomic E-state index is -1.10. The lowest BCUT2D eigenvalue weighted by Crippen LogP contribution is -2.52. The fraction of sp³-hybridized carbons (Fsp3) is 0.222. The van der Waals surface area contributed by atoms with E-state index in [0.29, 0.717) is 13.1 Å². The molecule has 3 heterocycles. The van der Waals surface area contributed by atoms with Crippen molar-refractivity contribution in [3.63, 3.8) is 0 Å². The number of H-pyrrole nitrogens is 1. The van der Waals surface area contributed by atoms with Gasteiger partial charge in [0.15, 0.2) is 0 Å². The molecule has 9 nitrogen and oxygen atoms in total. The van der Waals surface area contributed by atoms with Gasteiger partial charge in [-0.2, -0.15) is 0 Å². The van der Waals surface area contributed by atoms with Crippen molar-refractivity contribution in [2.45, 2.75) is 25.2 Å². The predicted octanol–water partition coefficient (Wildman–Crippen LogP) is 2.43. The molecule has 4 aromatic carbocycles. The molecule has 242 valence electrons. The summed E-state index contributed by atoms with van der Waals surface area (Å²) >= 11 is 0. The van der Waals surface area contributed by atoms with Crippen molar-refractivity contribution in [2.24, 2.45) is 9.98 Å². The number of amides is 2. The first kappa shape index (κ1) is 33.8. The Kier molecular flexibility index (Phi) is 9.30. The maximum absolute atomic E-state index is 12.8. The molecule has 0 fully saturated rings. The van der Waals surface area contributed by atoms with Crippen molar-refractivity contribution < 1.29 is 9.59 Å². The van der Waals surface area contributed by atoms with E-state index < -0.39 is 11.3 Å². The van der Waals surface area contributed by atoms with Crippen molar-refractivity contribution in [1.82, 2.24) is 26.3 Å². The highest BCUT2D eigenvalue weighted by molar-refractivity contribution is 6.09. The van der Waals surface area contributed by atoms with Gasteiger partial charge < -0.3 is 15.6 Å². The van der Waals surface area contributed by atoms with Crippen LogP contribution in [0.25, 0.3) is 56.2 Å². The maximum atomic E-state index is 12.8. The molecule has 5 N–H and O–H groups in total. The third-order valence-corrected chi connectivity index (χ3v) is 8.77. The summed E-state index contributed by atoms with van der Waals surface area (Å²) in [7, 11) is 3.50. The number of hydrogen-bond donors (Lipinski definition) is 5. The molecule has 11 heteroatoms. The number of benzene rings is 4. The molecule has 2 unspecified atom stereocenters. The van der Waals surface area contributed by atoms with Crippen LogP contribution in [0, 0.1) is 0 Å². The molecule has 0 radical (unpaired) electrons. The van der Waals surface area contributed by atoms with Crippen LogP contribution in [-0.2, 0) is 9.59 Å². The van der Waals surface area contributed by atoms with Crippen LogP contribution in [0.15, 0.2) is 82.8 Å². The zero-order valence-corrected chi connectivity index (χ0v) is 28.2. The van der Waals surface area contributed by atoms with Gasteiger partial charge in [-0.05, 0) is 111 Å². The highest BCUT2D eigenvalue weighted by atomic mass is 35.5. The number of rotatable bonds is 8. The fourth-order valence-electron chi connectivity index (χ4n) is 6.36. The number of nitrogens with zero attached hydrogens (tertiary/aromatic N) is 2. The third kappa shape index (κ3) is 5.59. The molecule has 7 rings (SSSR count). The summed E-state index contributed by atoms with van der Waals surface area (Å²) in [6.07, 6.45) is 3.79. The number of nitrogens with one attached hydrogen (secondary N) is 5. The Morgan fingerprint density at radius 1 is 0.617 bits per heavy atom. The summed E-state index contributed by atoms with van der Waals surface area (Å²) in [5.74, 6) is -0.333. The van der Waals surface area contributed by atoms with E-state index in [-0.39, 0.29) is 36.6 Å². The van der Waals surface area contributed by atoms with Gasteiger partial charge >= 0.3 is 0 Å². The molecule has 0 bridgehead atoms. The lowest BCUT2D eigenvalue weighted by atomic mass is 9.99. The van der Waals surface area contributed by atoms with Crippen LogP contribution in [0.3, 0.4) is 0 Å². The second kappa shape index (κ2) is 12.9. The Labute approximate surface area is 284 Å². The average molecular weight is 671 g/mol. The highest BCUT2D eigenvalue weighted by Crippen LogP contribution is 2.32. The molecule has 2 amide bonds. The van der Waals surface area contributed by atoms with E-state index in [1.807, 2.05) is 38.1 Å². The van der Waals surface area contributed by atoms with Crippen LogP contribution in [0.2, 0.25) is 0 Å². The number of likely N-dealkylation sites (N-methyl/N-ethyl adjacent to an activating group) is 4. The fourth-order valence-corrected chi connectivity index (χ4v) is 6.36. The highest BCUT2D eigenvalue weighted by Gasteiger charge is 2.37. The van der Waals surface area contributed by atoms with Gasteiger partial charge in [-0.1, -0.05) is 24.3 Å². The molecule has 2 aliphatic heterocycles. The zero-order chi connectivity index (χ0) is 31.3. The quantitative estimate of drug-likeness (QED) is 0.174. The lowest BCUT2D eigenvalue weighted by Gasteiger charge is -2.21. The number of halogens is 2. The van der Waals surface area contributed by atoms with Crippen LogP contribution >= 0.6 is 24.8 Å². The van der Waals surface area contributed by atoms with Crippen molar-refractivity contribution in [2.75, 3.05) is 27.2 Å². The Morgan fingerprint density at radius 3 is 1.38 bits per heavy atom. The summed E-state index contributed by atoms with van der Waals surface area (Å²) in [6, 6.07) is 25.1. The lowest BCUT2D eigenvalue weighted by molar-refractivity contribution is -0.125. The van der Waals surface area contributed by atoms with E-state index in [0.717, 1.165) is 65.2 Å². The van der Waals surface area contributed by atoms with Gasteiger partial charge in [0.2, 0.25) is 11.3 Å². The first-order chi connectivity index (χ1) is 21.8. The number of hydrogen-bond acceptors (Lipinski definition) is 6. The Morgan fingerprint density at radius 2 is 1.00 bits per heavy atom. The Balaban J connectivity index is 0.00000217. The predicted molar refractivity (Wildman–Crippen MR) is 193 cm³/mol. The van der Waals surface area contributed by atoms with Crippen LogP contribution in [0.4, 0.5) is 0 Å². The molecule has 5 aromatic rings. The van der Waals surface area contributed by atoms with Crippen LogP contribution in [0.1, 0.15) is 13.8 Å². The number of fused-ring (bicyclic) bond motifs is 5. The largest absolute Gasteiger partial charge is 0.355 e. The molecular formula is C36H37Cl2N7O2. The normalized spacial score (nSPS) is 18.8. The summed E-state index contributed by atoms with van der Waals surface area (Å²) in [5.41, 5.74) is 4.16. The second-order valence-corrected chi connectivity index (χ2v) is 11.5. The SMILES string of the molecule is CCNC(=O)C1(NC)C=c2cc(-c3ccc4[nH]c5ccc(-c6ccc7c(c6)=CC(NC)(C(=O)NCC)N=7)cc5c4c3)ccc2=N1.Cl.Cl. The van der Waals surface area contributed by atoms with Crippen molar-refractivity contribution >= 4 is 70.6 Å². The minimum absolute atomic E-state index is 0. The van der Waals surface area contributed by atoms with E-state index in [9.17, 15) is 9.59 Å². The molecule has 0 saturated heterocycles. The molecule has 0 spiro atoms. The van der Waals surface area contributed by atoms with E-state index in [1.54, 1.807) is 14.1 Å². The molecule has 2 atom stereocenters. The van der Waals surface area contributed by atoms with Crippen molar-refractivity contribution in [3.05, 3.63) is 93.9 Å². The molecule has 0 aliphatic carbocycles. The number of aromatic nitrogens is 1. The van der Waals surface area contributed by atoms with E-state index in [2.05, 4.69) is 86.9 Å². The maximum Gasteiger partial charge on any atom is 0.267 e. The summed E-state index contributed by atoms with van der Waals surface area (Å²) in [5, 5.41) is 17.6. The first-order valence-corrected chi connectivity index (χ1v) is 15.3. The van der Waals surface area contributed by atoms with Gasteiger partial charge in [-0.15, -0.1) is 24.8 Å². The zero-order valence-electron chi connectivity index (χ0n) is 26.5. The van der Waals surface area contributed by atoms with E-state index in [1.165, 1.54) is 0 Å². The summed E-state index contributed by atoms with van der Waals surface area (Å²) in [4.78, 5) is 38.6. The topological polar surface area (TPSA) is 123 Å². The number of carbonyl (C=O) groups excluding carboxylic acids is 2. The van der Waals surface area contributed by atoms with E-state index in [4.69, 9.17) is 9.98 Å². The standard InChI is InChI=1S/C36H35N7O2.2ClH/c1-5-39-33(44)35(37-3)19-25-15-21(7-11-29(25)42-35)23-9-13-31-27(17-23)28-18-24(10-14-32(28)41-31)22-8-12-30-26(16-22)20-36(38-4,43-30)34(45)40-6-2;;/h7-20,37-38,41H,5-6H2,1-4H3,(H,39,44)(H,40,45);2*1H. The van der Waals surface area contributed by atoms with Crippen molar-refractivity contribution in [3.8, 4) is 22.3 Å². The van der Waals surface area contributed by atoms with Gasteiger partial charge in [0.25, 0.3) is 11.8 Å². The molecule has 0 saturated carbocycles. The average Bonchev–Trinajstić information content (AvgIpc) is 3.75. The molecule has 2 aliphatic rings. The second-order valence-electron chi connectivity index (χ2n) is 11.5. The monoisotopic (exact) mass is 669 g/mol. The Bertz CT molecular complexity index is 2140. The van der Waals surface area contributed by atoms with Crippen molar-refractivity contribution in [1.29, 1.82) is 0 Å². The smallest absolute Gasteiger partial charge is 0.267 e. The third-order valence-electron chi connectivity index (χ3n) is 8.77. The Hall–Kier alpha value is -4.54. The van der Waals surface area contributed by atoms with Gasteiger partial charge in [-0.3, -0.25) is 20.2 Å². The molecular weight excluding hydrogens is 633 g/mol. The summed E-state index contributed by atoms with van der Waals surface area (Å²) in [6.45, 7) is 4.87. The number of carbonyl (C=O) groups is 2. The van der Waals surface area contributed by atoms with Gasteiger partial charge in [-0.25, -0.2) is 9.98 Å². The van der Waals surface area contributed by atoms with Crippen LogP contribution < -0.4 is 42.4 Å². The first-order valence-electron chi connectivity index (χ1n) is 15.3. The van der Waals surface area contributed by atoms with Gasteiger partial charge in [0.05, 0.1) is 10.7 Å². The molecule has 47 heavy (non-hydrogen) atoms. The van der Waals surface area contributed by atoms with Gasteiger partial charge in [0.1, 0.15) is 0 Å². The minimum Gasteiger partial charge on any atom is -0.355 e. The number of aromatic amines is 1. The molecule has 1 aromatic heterocycles. The summed E-state index contributed by atoms with van der Waals surface area (Å²) < 4.78 is 0. The van der Waals surface area contributed by atoms with Crippen LogP contribution in [-0.4, -0.2) is 55.3 Å². The van der Waals surface area contributed by atoms with Crippen LogP contribution in [0.5, 0.6) is 0 Å². The van der Waals surface area contributed by atoms with Gasteiger partial charge in [0, 0.05) is 45.3 Å².